The zero-order valence-corrected chi connectivity index (χ0v) is 9.50. The molecule has 1 saturated carbocycles. The van der Waals surface area contributed by atoms with Crippen LogP contribution in [0.1, 0.15) is 46.0 Å². The fraction of sp³-hybridized carbons (Fsp3) is 0.917. The lowest BCUT2D eigenvalue weighted by Crippen LogP contribution is -2.37. The first-order valence-corrected chi connectivity index (χ1v) is 5.97. The molecule has 0 aromatic rings. The highest BCUT2D eigenvalue weighted by Crippen LogP contribution is 2.29. The van der Waals surface area contributed by atoms with Gasteiger partial charge in [0.25, 0.3) is 0 Å². The van der Waals surface area contributed by atoms with Gasteiger partial charge in [-0.2, -0.15) is 5.26 Å². The molecule has 0 amide bonds. The second kappa shape index (κ2) is 6.03. The van der Waals surface area contributed by atoms with Crippen molar-refractivity contribution in [1.82, 2.24) is 4.90 Å². The maximum absolute atomic E-state index is 9.03. The Balaban J connectivity index is 2.46. The third-order valence-corrected chi connectivity index (χ3v) is 3.32. The zero-order chi connectivity index (χ0) is 10.4. The third kappa shape index (κ3) is 2.72. The number of hydrogen-bond donors (Lipinski definition) is 0. The summed E-state index contributed by atoms with van der Waals surface area (Å²) in [6.45, 7) is 6.71. The maximum Gasteiger partial charge on any atom is 0.0672 e. The minimum Gasteiger partial charge on any atom is -0.299 e. The molecule has 0 heterocycles. The lowest BCUT2D eigenvalue weighted by Gasteiger charge is -2.29. The highest BCUT2D eigenvalue weighted by Gasteiger charge is 2.30. The number of unbranched alkanes of at least 4 members (excludes halogenated alkanes) is 1. The predicted molar refractivity (Wildman–Crippen MR) is 58.9 cm³/mol. The van der Waals surface area contributed by atoms with Crippen LogP contribution in [0.25, 0.3) is 0 Å². The van der Waals surface area contributed by atoms with Crippen molar-refractivity contribution in [2.45, 2.75) is 52.0 Å². The van der Waals surface area contributed by atoms with Gasteiger partial charge in [-0.1, -0.05) is 26.7 Å². The second-order valence-electron chi connectivity index (χ2n) is 4.22. The van der Waals surface area contributed by atoms with Crippen LogP contribution in [0.15, 0.2) is 0 Å². The molecule has 0 bridgehead atoms. The van der Waals surface area contributed by atoms with E-state index in [1.165, 1.54) is 32.2 Å². The van der Waals surface area contributed by atoms with Gasteiger partial charge in [-0.3, -0.25) is 4.90 Å². The molecule has 0 aliphatic heterocycles. The molecule has 1 rings (SSSR count). The number of nitrogens with zero attached hydrogens (tertiary/aromatic N) is 2. The monoisotopic (exact) mass is 194 g/mol. The lowest BCUT2D eigenvalue weighted by atomic mass is 10.0. The summed E-state index contributed by atoms with van der Waals surface area (Å²) in [5, 5.41) is 9.03. The summed E-state index contributed by atoms with van der Waals surface area (Å²) in [6, 6.07) is 3.02. The van der Waals surface area contributed by atoms with Gasteiger partial charge < -0.3 is 0 Å². The molecule has 1 aliphatic carbocycles. The van der Waals surface area contributed by atoms with Gasteiger partial charge in [0, 0.05) is 6.04 Å². The van der Waals surface area contributed by atoms with Crippen LogP contribution in [0.2, 0.25) is 0 Å². The molecule has 2 nitrogen and oxygen atoms in total. The van der Waals surface area contributed by atoms with Crippen LogP contribution >= 0.6 is 0 Å². The van der Waals surface area contributed by atoms with E-state index in [-0.39, 0.29) is 0 Å². The van der Waals surface area contributed by atoms with E-state index in [1.807, 2.05) is 0 Å². The molecule has 1 fully saturated rings. The van der Waals surface area contributed by atoms with Gasteiger partial charge >= 0.3 is 0 Å². The van der Waals surface area contributed by atoms with E-state index in [9.17, 15) is 0 Å². The first-order valence-electron chi connectivity index (χ1n) is 5.97. The summed E-state index contributed by atoms with van der Waals surface area (Å²) in [4.78, 5) is 2.50. The fourth-order valence-corrected chi connectivity index (χ4v) is 2.45. The number of nitriles is 1. The normalized spacial score (nSPS) is 26.7. The van der Waals surface area contributed by atoms with Crippen molar-refractivity contribution in [2.75, 3.05) is 13.1 Å². The average Bonchev–Trinajstić information content (AvgIpc) is 2.67. The van der Waals surface area contributed by atoms with Crippen molar-refractivity contribution in [3.63, 3.8) is 0 Å². The summed E-state index contributed by atoms with van der Waals surface area (Å²) in [5.74, 6) is 0.298. The zero-order valence-electron chi connectivity index (χ0n) is 9.50. The molecular formula is C12H22N2. The number of rotatable bonds is 5. The fourth-order valence-electron chi connectivity index (χ4n) is 2.45. The Morgan fingerprint density at radius 2 is 2.14 bits per heavy atom. The number of hydrogen-bond acceptors (Lipinski definition) is 2. The molecule has 0 radical (unpaired) electrons. The van der Waals surface area contributed by atoms with Crippen LogP contribution in [0.4, 0.5) is 0 Å². The molecule has 80 valence electrons. The SMILES string of the molecule is CCCCN(CC)C1CCCC1C#N. The summed E-state index contributed by atoms with van der Waals surface area (Å²) in [6.07, 6.45) is 6.11. The first-order chi connectivity index (χ1) is 6.83. The van der Waals surface area contributed by atoms with E-state index < -0.39 is 0 Å². The maximum atomic E-state index is 9.03. The van der Waals surface area contributed by atoms with Crippen LogP contribution in [-0.2, 0) is 0 Å². The van der Waals surface area contributed by atoms with E-state index in [4.69, 9.17) is 5.26 Å². The topological polar surface area (TPSA) is 27.0 Å². The van der Waals surface area contributed by atoms with Crippen molar-refractivity contribution in [3.05, 3.63) is 0 Å². The third-order valence-electron chi connectivity index (χ3n) is 3.32. The van der Waals surface area contributed by atoms with Gasteiger partial charge in [0.1, 0.15) is 0 Å². The van der Waals surface area contributed by atoms with E-state index in [0.717, 1.165) is 13.0 Å². The Morgan fingerprint density at radius 1 is 1.36 bits per heavy atom. The molecular weight excluding hydrogens is 172 g/mol. The van der Waals surface area contributed by atoms with Crippen LogP contribution in [0, 0.1) is 17.2 Å². The second-order valence-corrected chi connectivity index (χ2v) is 4.22. The standard InChI is InChI=1S/C12H22N2/c1-3-5-9-14(4-2)12-8-6-7-11(12)10-13/h11-12H,3-9H2,1-2H3. The van der Waals surface area contributed by atoms with Crippen LogP contribution in [-0.4, -0.2) is 24.0 Å². The van der Waals surface area contributed by atoms with Crippen molar-refractivity contribution in [2.24, 2.45) is 5.92 Å². The Kier molecular flexibility index (Phi) is 4.97. The van der Waals surface area contributed by atoms with Crippen LogP contribution < -0.4 is 0 Å². The molecule has 2 unspecified atom stereocenters. The van der Waals surface area contributed by atoms with E-state index in [2.05, 4.69) is 24.8 Å². The molecule has 0 aromatic carbocycles. The average molecular weight is 194 g/mol. The summed E-state index contributed by atoms with van der Waals surface area (Å²) < 4.78 is 0. The summed E-state index contributed by atoms with van der Waals surface area (Å²) >= 11 is 0. The van der Waals surface area contributed by atoms with E-state index in [1.54, 1.807) is 0 Å². The highest BCUT2D eigenvalue weighted by atomic mass is 15.2. The molecule has 0 aromatic heterocycles. The Morgan fingerprint density at radius 3 is 2.71 bits per heavy atom. The van der Waals surface area contributed by atoms with Crippen molar-refractivity contribution < 1.29 is 0 Å². The first kappa shape index (κ1) is 11.5. The van der Waals surface area contributed by atoms with E-state index >= 15 is 0 Å². The highest BCUT2D eigenvalue weighted by molar-refractivity contribution is 4.97. The molecule has 0 saturated heterocycles. The van der Waals surface area contributed by atoms with Gasteiger partial charge in [-0.15, -0.1) is 0 Å². The van der Waals surface area contributed by atoms with Crippen LogP contribution in [0.5, 0.6) is 0 Å². The summed E-state index contributed by atoms with van der Waals surface area (Å²) in [5.41, 5.74) is 0. The van der Waals surface area contributed by atoms with Crippen LogP contribution in [0.3, 0.4) is 0 Å². The Labute approximate surface area is 87.9 Å². The summed E-state index contributed by atoms with van der Waals surface area (Å²) in [7, 11) is 0. The predicted octanol–water partition coefficient (Wildman–Crippen LogP) is 2.80. The minimum absolute atomic E-state index is 0.298. The lowest BCUT2D eigenvalue weighted by molar-refractivity contribution is 0.184. The van der Waals surface area contributed by atoms with E-state index in [0.29, 0.717) is 12.0 Å². The Bertz CT molecular complexity index is 195. The molecule has 0 spiro atoms. The van der Waals surface area contributed by atoms with Crippen molar-refractivity contribution >= 4 is 0 Å². The largest absolute Gasteiger partial charge is 0.299 e. The molecule has 2 atom stereocenters. The molecule has 2 heteroatoms. The quantitative estimate of drug-likeness (QED) is 0.673. The van der Waals surface area contributed by atoms with Gasteiger partial charge in [0.15, 0.2) is 0 Å². The van der Waals surface area contributed by atoms with Gasteiger partial charge in [-0.25, -0.2) is 0 Å². The molecule has 14 heavy (non-hydrogen) atoms. The molecule has 1 aliphatic rings. The van der Waals surface area contributed by atoms with Crippen molar-refractivity contribution in [3.8, 4) is 6.07 Å². The molecule has 0 N–H and O–H groups in total. The Hall–Kier alpha value is -0.550. The van der Waals surface area contributed by atoms with Gasteiger partial charge in [0.05, 0.1) is 12.0 Å². The smallest absolute Gasteiger partial charge is 0.0672 e. The van der Waals surface area contributed by atoms with Gasteiger partial charge in [-0.05, 0) is 32.4 Å². The van der Waals surface area contributed by atoms with Crippen molar-refractivity contribution in [1.29, 1.82) is 5.26 Å². The minimum atomic E-state index is 0.298. The van der Waals surface area contributed by atoms with Gasteiger partial charge in [0.2, 0.25) is 0 Å².